The van der Waals surface area contributed by atoms with E-state index in [9.17, 15) is 25.2 Å². The summed E-state index contributed by atoms with van der Waals surface area (Å²) < 4.78 is 5.82. The van der Waals surface area contributed by atoms with Crippen molar-refractivity contribution in [2.24, 2.45) is 29.1 Å². The van der Waals surface area contributed by atoms with Crippen LogP contribution < -0.4 is 0 Å². The van der Waals surface area contributed by atoms with Crippen LogP contribution in [0.4, 0.5) is 0 Å². The van der Waals surface area contributed by atoms with Gasteiger partial charge in [-0.15, -0.1) is 0 Å². The van der Waals surface area contributed by atoms with Crippen LogP contribution in [0.5, 0.6) is 0 Å². The van der Waals surface area contributed by atoms with Crippen LogP contribution in [0.25, 0.3) is 11.0 Å². The number of carbonyl (C=O) groups is 1. The standard InChI is InChI=1S/C27H34N2O6/c1-13-5-4-10-25(3)19-9-7-16-14(2)26(19,27(34,35-12-30)23(31)20(13)25)22-21(16)28-18-11-15(24(32)33)6-8-17(18)29-22/h6,8,11,13-14,16,19-20,23,30-31,34H,4-5,7,9-10,12H2,1-3H3,(H,32,33)/t13-,14+,16+,19?,20?,23-,25-,26-,27+/m0/s1. The molecule has 1 aromatic heterocycles. The smallest absolute Gasteiger partial charge is 0.335 e. The lowest BCUT2D eigenvalue weighted by Gasteiger charge is -2.68. The summed E-state index contributed by atoms with van der Waals surface area (Å²) in [6.45, 7) is 5.78. The molecule has 4 aliphatic rings. The zero-order chi connectivity index (χ0) is 24.9. The molecule has 2 aromatic rings. The molecule has 0 saturated heterocycles. The number of aliphatic hydroxyl groups is 3. The Bertz CT molecular complexity index is 1220. The molecule has 1 spiro atoms. The normalized spacial score (nSPS) is 43.9. The topological polar surface area (TPSA) is 133 Å². The van der Waals surface area contributed by atoms with Gasteiger partial charge >= 0.3 is 5.97 Å². The highest BCUT2D eigenvalue weighted by atomic mass is 16.7. The number of hydrogen-bond donors (Lipinski definition) is 4. The van der Waals surface area contributed by atoms with E-state index in [1.54, 1.807) is 12.1 Å². The molecular formula is C27H34N2O6. The molecule has 4 N–H and O–H groups in total. The molecule has 6 rings (SSSR count). The van der Waals surface area contributed by atoms with Crippen LogP contribution in [-0.4, -0.2) is 55.0 Å². The van der Waals surface area contributed by atoms with E-state index in [1.165, 1.54) is 6.07 Å². The predicted octanol–water partition coefficient (Wildman–Crippen LogP) is 3.18. The summed E-state index contributed by atoms with van der Waals surface area (Å²) in [4.78, 5) is 21.5. The summed E-state index contributed by atoms with van der Waals surface area (Å²) in [6.07, 6.45) is 3.53. The van der Waals surface area contributed by atoms with Crippen LogP contribution in [-0.2, 0) is 10.2 Å². The summed E-state index contributed by atoms with van der Waals surface area (Å²) in [5, 5.41) is 43.7. The Morgan fingerprint density at radius 1 is 1.17 bits per heavy atom. The van der Waals surface area contributed by atoms with Gasteiger partial charge in [0, 0.05) is 5.92 Å². The Kier molecular flexibility index (Phi) is 4.95. The molecule has 1 aromatic carbocycles. The van der Waals surface area contributed by atoms with Gasteiger partial charge in [0.1, 0.15) is 12.9 Å². The number of fused-ring (bicyclic) bond motifs is 6. The number of ether oxygens (including phenoxy) is 1. The SMILES string of the molecule is C[C@@H]1[C@H]2CCC3[C@]4(C)CCC[C@H](C)C4[C@H](O)[C@@](O)(OCO)[C@]31c1nc3ccc(C(=O)O)cc3nc12. The second kappa shape index (κ2) is 7.44. The maximum Gasteiger partial charge on any atom is 0.335 e. The molecule has 3 fully saturated rings. The van der Waals surface area contributed by atoms with Crippen LogP contribution in [0, 0.1) is 29.1 Å². The molecule has 0 amide bonds. The van der Waals surface area contributed by atoms with E-state index >= 15 is 0 Å². The average Bonchev–Trinajstić information content (AvgIpc) is 2.94. The first-order valence-electron chi connectivity index (χ1n) is 12.8. The first kappa shape index (κ1) is 23.3. The van der Waals surface area contributed by atoms with Gasteiger partial charge in [0.05, 0.1) is 33.4 Å². The zero-order valence-corrected chi connectivity index (χ0v) is 20.4. The van der Waals surface area contributed by atoms with Crippen LogP contribution in [0.1, 0.15) is 80.5 Å². The monoisotopic (exact) mass is 482 g/mol. The molecule has 8 heteroatoms. The summed E-state index contributed by atoms with van der Waals surface area (Å²) in [5.74, 6) is -3.15. The molecule has 9 atom stereocenters. The molecule has 188 valence electrons. The molecule has 0 radical (unpaired) electrons. The lowest BCUT2D eigenvalue weighted by atomic mass is 9.39. The Morgan fingerprint density at radius 2 is 1.94 bits per heavy atom. The molecule has 2 bridgehead atoms. The van der Waals surface area contributed by atoms with E-state index in [0.29, 0.717) is 16.7 Å². The van der Waals surface area contributed by atoms with Gasteiger partial charge in [-0.25, -0.2) is 14.8 Å². The van der Waals surface area contributed by atoms with Crippen molar-refractivity contribution >= 4 is 17.0 Å². The maximum absolute atomic E-state index is 12.4. The number of benzene rings is 1. The highest BCUT2D eigenvalue weighted by Crippen LogP contribution is 2.74. The Labute approximate surface area is 204 Å². The van der Waals surface area contributed by atoms with Crippen molar-refractivity contribution < 1.29 is 30.0 Å². The van der Waals surface area contributed by atoms with Crippen molar-refractivity contribution in [3.8, 4) is 0 Å². The predicted molar refractivity (Wildman–Crippen MR) is 127 cm³/mol. The third kappa shape index (κ3) is 2.64. The number of aromatic nitrogens is 2. The Morgan fingerprint density at radius 3 is 2.66 bits per heavy atom. The van der Waals surface area contributed by atoms with Gasteiger partial charge in [-0.1, -0.05) is 33.6 Å². The Hall–Kier alpha value is -2.13. The lowest BCUT2D eigenvalue weighted by Crippen LogP contribution is -2.77. The van der Waals surface area contributed by atoms with E-state index in [1.807, 2.05) is 0 Å². The quantitative estimate of drug-likeness (QED) is 0.490. The van der Waals surface area contributed by atoms with Crippen molar-refractivity contribution in [1.82, 2.24) is 9.97 Å². The first-order valence-corrected chi connectivity index (χ1v) is 12.8. The number of carboxylic acid groups (broad SMARTS) is 1. The summed E-state index contributed by atoms with van der Waals surface area (Å²) in [6, 6.07) is 4.71. The Balaban J connectivity index is 1.65. The van der Waals surface area contributed by atoms with Gasteiger partial charge in [0.2, 0.25) is 5.79 Å². The van der Waals surface area contributed by atoms with Crippen molar-refractivity contribution in [2.45, 2.75) is 76.1 Å². The molecular weight excluding hydrogens is 448 g/mol. The fourth-order valence-corrected chi connectivity index (χ4v) is 9.24. The molecule has 8 nitrogen and oxygen atoms in total. The van der Waals surface area contributed by atoms with Crippen LogP contribution in [0.3, 0.4) is 0 Å². The van der Waals surface area contributed by atoms with E-state index in [0.717, 1.165) is 37.8 Å². The van der Waals surface area contributed by atoms with Gasteiger partial charge in [0.25, 0.3) is 0 Å². The molecule has 2 unspecified atom stereocenters. The number of rotatable bonds is 3. The van der Waals surface area contributed by atoms with E-state index in [-0.39, 0.29) is 40.6 Å². The minimum Gasteiger partial charge on any atom is -0.478 e. The summed E-state index contributed by atoms with van der Waals surface area (Å²) in [5.41, 5.74) is 1.34. The highest BCUT2D eigenvalue weighted by molar-refractivity contribution is 5.92. The zero-order valence-electron chi connectivity index (χ0n) is 20.4. The second-order valence-corrected chi connectivity index (χ2v) is 11.7. The van der Waals surface area contributed by atoms with E-state index in [4.69, 9.17) is 14.7 Å². The second-order valence-electron chi connectivity index (χ2n) is 11.7. The average molecular weight is 483 g/mol. The van der Waals surface area contributed by atoms with Crippen molar-refractivity contribution in [3.63, 3.8) is 0 Å². The van der Waals surface area contributed by atoms with Crippen molar-refractivity contribution in [3.05, 3.63) is 35.2 Å². The number of hydrogen-bond acceptors (Lipinski definition) is 7. The van der Waals surface area contributed by atoms with Gasteiger partial charge in [0.15, 0.2) is 0 Å². The molecule has 1 heterocycles. The van der Waals surface area contributed by atoms with Crippen molar-refractivity contribution in [1.29, 1.82) is 0 Å². The van der Waals surface area contributed by atoms with Gasteiger partial charge in [-0.2, -0.15) is 0 Å². The number of aliphatic hydroxyl groups excluding tert-OH is 2. The van der Waals surface area contributed by atoms with E-state index in [2.05, 4.69) is 20.8 Å². The molecule has 35 heavy (non-hydrogen) atoms. The van der Waals surface area contributed by atoms with Crippen molar-refractivity contribution in [2.75, 3.05) is 6.79 Å². The summed E-state index contributed by atoms with van der Waals surface area (Å²) >= 11 is 0. The van der Waals surface area contributed by atoms with E-state index < -0.39 is 30.1 Å². The van der Waals surface area contributed by atoms with Crippen LogP contribution in [0.2, 0.25) is 0 Å². The number of carboxylic acids is 1. The highest BCUT2D eigenvalue weighted by Gasteiger charge is 2.79. The molecule has 4 aliphatic carbocycles. The largest absolute Gasteiger partial charge is 0.478 e. The number of aromatic carboxylic acids is 1. The fourth-order valence-electron chi connectivity index (χ4n) is 9.24. The minimum absolute atomic E-state index is 0.00573. The lowest BCUT2D eigenvalue weighted by molar-refractivity contribution is -0.385. The molecule has 3 saturated carbocycles. The third-order valence-electron chi connectivity index (χ3n) is 10.5. The van der Waals surface area contributed by atoms with Crippen LogP contribution in [0.15, 0.2) is 18.2 Å². The third-order valence-corrected chi connectivity index (χ3v) is 10.5. The minimum atomic E-state index is -2.02. The van der Waals surface area contributed by atoms with Gasteiger partial charge < -0.3 is 25.2 Å². The molecule has 0 aliphatic heterocycles. The van der Waals surface area contributed by atoms with Gasteiger partial charge in [-0.05, 0) is 66.5 Å². The number of nitrogens with zero attached hydrogens (tertiary/aromatic N) is 2. The summed E-state index contributed by atoms with van der Waals surface area (Å²) in [7, 11) is 0. The fraction of sp³-hybridized carbons (Fsp3) is 0.667. The maximum atomic E-state index is 12.4. The first-order chi connectivity index (χ1) is 16.6. The van der Waals surface area contributed by atoms with Gasteiger partial charge in [-0.3, -0.25) is 0 Å². The van der Waals surface area contributed by atoms with Crippen LogP contribution >= 0.6 is 0 Å².